The van der Waals surface area contributed by atoms with Gasteiger partial charge in [-0.1, -0.05) is 6.42 Å². The SMILES string of the molecule is O=C(NCC1CCCC1CCl)c1ccc(I)cc1. The molecule has 0 bridgehead atoms. The summed E-state index contributed by atoms with van der Waals surface area (Å²) in [6.45, 7) is 0.752. The van der Waals surface area contributed by atoms with Crippen LogP contribution in [0.4, 0.5) is 0 Å². The lowest BCUT2D eigenvalue weighted by atomic mass is 9.98. The molecule has 0 saturated heterocycles. The highest BCUT2D eigenvalue weighted by Crippen LogP contribution is 2.31. The van der Waals surface area contributed by atoms with Gasteiger partial charge in [0.25, 0.3) is 5.91 Å². The summed E-state index contributed by atoms with van der Waals surface area (Å²) in [6.07, 6.45) is 3.62. The molecule has 0 radical (unpaired) electrons. The van der Waals surface area contributed by atoms with Crippen molar-refractivity contribution < 1.29 is 4.79 Å². The van der Waals surface area contributed by atoms with Gasteiger partial charge in [-0.15, -0.1) is 11.6 Å². The van der Waals surface area contributed by atoms with Gasteiger partial charge in [-0.2, -0.15) is 0 Å². The lowest BCUT2D eigenvalue weighted by Crippen LogP contribution is -2.31. The average molecular weight is 378 g/mol. The van der Waals surface area contributed by atoms with Crippen LogP contribution in [0.1, 0.15) is 29.6 Å². The van der Waals surface area contributed by atoms with E-state index in [1.807, 2.05) is 24.3 Å². The summed E-state index contributed by atoms with van der Waals surface area (Å²) < 4.78 is 1.14. The zero-order chi connectivity index (χ0) is 13.0. The van der Waals surface area contributed by atoms with E-state index in [9.17, 15) is 4.79 Å². The molecule has 1 N–H and O–H groups in total. The van der Waals surface area contributed by atoms with Crippen molar-refractivity contribution >= 4 is 40.1 Å². The van der Waals surface area contributed by atoms with E-state index in [1.54, 1.807) is 0 Å². The average Bonchev–Trinajstić information content (AvgIpc) is 2.84. The fourth-order valence-corrected chi connectivity index (χ4v) is 3.28. The summed E-state index contributed by atoms with van der Waals surface area (Å²) in [6, 6.07) is 7.63. The van der Waals surface area contributed by atoms with Crippen LogP contribution in [0, 0.1) is 15.4 Å². The number of carbonyl (C=O) groups excluding carboxylic acids is 1. The molecule has 2 nitrogen and oxygen atoms in total. The monoisotopic (exact) mass is 377 g/mol. The molecule has 18 heavy (non-hydrogen) atoms. The first-order chi connectivity index (χ1) is 8.70. The summed E-state index contributed by atoms with van der Waals surface area (Å²) in [5.41, 5.74) is 0.732. The van der Waals surface area contributed by atoms with Gasteiger partial charge in [-0.25, -0.2) is 0 Å². The van der Waals surface area contributed by atoms with Crippen molar-refractivity contribution in [2.45, 2.75) is 19.3 Å². The van der Waals surface area contributed by atoms with Gasteiger partial charge in [0.2, 0.25) is 0 Å². The Morgan fingerprint density at radius 3 is 2.61 bits per heavy atom. The van der Waals surface area contributed by atoms with E-state index in [0.29, 0.717) is 17.7 Å². The highest BCUT2D eigenvalue weighted by molar-refractivity contribution is 14.1. The maximum atomic E-state index is 12.0. The molecule has 1 aliphatic carbocycles. The van der Waals surface area contributed by atoms with Gasteiger partial charge < -0.3 is 5.32 Å². The number of nitrogens with one attached hydrogen (secondary N) is 1. The summed E-state index contributed by atoms with van der Waals surface area (Å²) in [7, 11) is 0. The molecule has 2 atom stereocenters. The molecule has 1 aliphatic rings. The molecular formula is C14H17ClINO. The Morgan fingerprint density at radius 2 is 1.94 bits per heavy atom. The smallest absolute Gasteiger partial charge is 0.251 e. The molecule has 1 fully saturated rings. The Morgan fingerprint density at radius 1 is 1.28 bits per heavy atom. The van der Waals surface area contributed by atoms with E-state index >= 15 is 0 Å². The molecule has 0 spiro atoms. The fourth-order valence-electron chi connectivity index (χ4n) is 2.51. The summed E-state index contributed by atoms with van der Waals surface area (Å²) >= 11 is 8.17. The normalized spacial score (nSPS) is 23.0. The number of amides is 1. The van der Waals surface area contributed by atoms with Gasteiger partial charge >= 0.3 is 0 Å². The fraction of sp³-hybridized carbons (Fsp3) is 0.500. The first kappa shape index (κ1) is 14.1. The number of alkyl halides is 1. The molecule has 4 heteroatoms. The van der Waals surface area contributed by atoms with Crippen LogP contribution < -0.4 is 5.32 Å². The second-order valence-electron chi connectivity index (χ2n) is 4.82. The van der Waals surface area contributed by atoms with Crippen molar-refractivity contribution in [2.75, 3.05) is 12.4 Å². The first-order valence-electron chi connectivity index (χ1n) is 6.30. The van der Waals surface area contributed by atoms with E-state index in [-0.39, 0.29) is 5.91 Å². The summed E-state index contributed by atoms with van der Waals surface area (Å²) in [4.78, 5) is 12.0. The second-order valence-corrected chi connectivity index (χ2v) is 6.38. The maximum Gasteiger partial charge on any atom is 0.251 e. The third kappa shape index (κ3) is 3.60. The van der Waals surface area contributed by atoms with Crippen LogP contribution in [-0.4, -0.2) is 18.3 Å². The van der Waals surface area contributed by atoms with Crippen LogP contribution in [-0.2, 0) is 0 Å². The summed E-state index contributed by atoms with van der Waals surface area (Å²) in [5.74, 6) is 1.86. The van der Waals surface area contributed by atoms with Crippen LogP contribution in [0.3, 0.4) is 0 Å². The highest BCUT2D eigenvalue weighted by Gasteiger charge is 2.26. The largest absolute Gasteiger partial charge is 0.352 e. The number of hydrogen-bond acceptors (Lipinski definition) is 1. The second kappa shape index (κ2) is 6.75. The molecule has 0 aromatic heterocycles. The molecule has 2 unspecified atom stereocenters. The van der Waals surface area contributed by atoms with E-state index in [2.05, 4.69) is 27.9 Å². The Labute approximate surface area is 127 Å². The number of rotatable bonds is 4. The van der Waals surface area contributed by atoms with Gasteiger partial charge in [0.15, 0.2) is 0 Å². The van der Waals surface area contributed by atoms with Crippen LogP contribution in [0.15, 0.2) is 24.3 Å². The zero-order valence-electron chi connectivity index (χ0n) is 10.2. The Kier molecular flexibility index (Phi) is 5.30. The predicted molar refractivity (Wildman–Crippen MR) is 83.0 cm³/mol. The number of benzene rings is 1. The Balaban J connectivity index is 1.86. The van der Waals surface area contributed by atoms with Gasteiger partial charge in [-0.3, -0.25) is 4.79 Å². The van der Waals surface area contributed by atoms with Crippen molar-refractivity contribution in [3.63, 3.8) is 0 Å². The molecule has 1 saturated carbocycles. The Bertz CT molecular complexity index is 407. The van der Waals surface area contributed by atoms with Crippen molar-refractivity contribution in [3.05, 3.63) is 33.4 Å². The zero-order valence-corrected chi connectivity index (χ0v) is 13.1. The van der Waals surface area contributed by atoms with E-state index in [1.165, 1.54) is 19.3 Å². The van der Waals surface area contributed by atoms with E-state index < -0.39 is 0 Å². The minimum Gasteiger partial charge on any atom is -0.352 e. The number of halogens is 2. The molecule has 0 aliphatic heterocycles. The van der Waals surface area contributed by atoms with Crippen molar-refractivity contribution in [2.24, 2.45) is 11.8 Å². The van der Waals surface area contributed by atoms with Crippen molar-refractivity contribution in [3.8, 4) is 0 Å². The van der Waals surface area contributed by atoms with Gasteiger partial charge in [0.05, 0.1) is 0 Å². The van der Waals surface area contributed by atoms with Gasteiger partial charge in [-0.05, 0) is 71.5 Å². The lowest BCUT2D eigenvalue weighted by molar-refractivity contribution is 0.0944. The van der Waals surface area contributed by atoms with Crippen LogP contribution in [0.5, 0.6) is 0 Å². The van der Waals surface area contributed by atoms with Crippen molar-refractivity contribution in [1.82, 2.24) is 5.32 Å². The number of hydrogen-bond donors (Lipinski definition) is 1. The van der Waals surface area contributed by atoms with Crippen LogP contribution in [0.2, 0.25) is 0 Å². The van der Waals surface area contributed by atoms with E-state index in [0.717, 1.165) is 15.7 Å². The number of carbonyl (C=O) groups is 1. The third-order valence-corrected chi connectivity index (χ3v) is 4.76. The van der Waals surface area contributed by atoms with Crippen molar-refractivity contribution in [1.29, 1.82) is 0 Å². The van der Waals surface area contributed by atoms with Crippen LogP contribution in [0.25, 0.3) is 0 Å². The predicted octanol–water partition coefficient (Wildman–Crippen LogP) is 3.68. The third-order valence-electron chi connectivity index (χ3n) is 3.65. The minimum absolute atomic E-state index is 0.0200. The summed E-state index contributed by atoms with van der Waals surface area (Å²) in [5, 5.41) is 3.02. The molecule has 1 aromatic carbocycles. The molecule has 0 heterocycles. The topological polar surface area (TPSA) is 29.1 Å². The van der Waals surface area contributed by atoms with Crippen LogP contribution >= 0.6 is 34.2 Å². The highest BCUT2D eigenvalue weighted by atomic mass is 127. The standard InChI is InChI=1S/C14H17ClINO/c15-8-11-2-1-3-12(11)9-17-14(18)10-4-6-13(16)7-5-10/h4-7,11-12H,1-3,8-9H2,(H,17,18). The van der Waals surface area contributed by atoms with Gasteiger partial charge in [0.1, 0.15) is 0 Å². The molecule has 98 valence electrons. The molecule has 2 rings (SSSR count). The Hall–Kier alpha value is -0.290. The molecule has 1 aromatic rings. The van der Waals surface area contributed by atoms with E-state index in [4.69, 9.17) is 11.6 Å². The lowest BCUT2D eigenvalue weighted by Gasteiger charge is -2.17. The minimum atomic E-state index is 0.0200. The molecular weight excluding hydrogens is 361 g/mol. The molecule has 1 amide bonds. The first-order valence-corrected chi connectivity index (χ1v) is 7.91. The quantitative estimate of drug-likeness (QED) is 0.629. The maximum absolute atomic E-state index is 12.0. The van der Waals surface area contributed by atoms with Gasteiger partial charge in [0, 0.05) is 21.6 Å².